The summed E-state index contributed by atoms with van der Waals surface area (Å²) in [4.78, 5) is 11.6. The van der Waals surface area contributed by atoms with Crippen LogP contribution in [-0.4, -0.2) is 44.2 Å². The van der Waals surface area contributed by atoms with E-state index in [2.05, 4.69) is 13.8 Å². The van der Waals surface area contributed by atoms with Crippen LogP contribution in [0.5, 0.6) is 0 Å². The molecule has 164 valence electrons. The minimum absolute atomic E-state index is 0.200. The first-order valence-electron chi connectivity index (χ1n) is 11.1. The van der Waals surface area contributed by atoms with Crippen LogP contribution in [0.1, 0.15) is 104 Å². The van der Waals surface area contributed by atoms with Gasteiger partial charge >= 0.3 is 5.97 Å². The van der Waals surface area contributed by atoms with Gasteiger partial charge in [0.2, 0.25) is 5.76 Å². The molecule has 28 heavy (non-hydrogen) atoms. The van der Waals surface area contributed by atoms with E-state index in [1.165, 1.54) is 19.3 Å². The standard InChI is InChI=1S/C22H40O6/c1-3-5-7-9-11-13-15-17(23)22(27,16-14-12-10-8-6-4-2)20-18(24)19(25)21(26)28-20/h17,20,23-25,27H,3-16H2,1-2H3/t17?,20-,22-/m0/s1. The Morgan fingerprint density at radius 3 is 1.89 bits per heavy atom. The number of esters is 1. The SMILES string of the molecule is CCCCCCCCC(O)[C@@](O)(CCCCCCCC)[C@H]1OC(=O)C(O)=C1O. The average molecular weight is 401 g/mol. The van der Waals surface area contributed by atoms with Crippen LogP contribution in [0.4, 0.5) is 0 Å². The first-order valence-corrected chi connectivity index (χ1v) is 11.1. The number of ether oxygens (including phenoxy) is 1. The van der Waals surface area contributed by atoms with Gasteiger partial charge in [0, 0.05) is 0 Å². The molecule has 0 aromatic heterocycles. The fourth-order valence-electron chi connectivity index (χ4n) is 3.82. The molecule has 3 atom stereocenters. The van der Waals surface area contributed by atoms with Crippen molar-refractivity contribution in [3.63, 3.8) is 0 Å². The summed E-state index contributed by atoms with van der Waals surface area (Å²) >= 11 is 0. The summed E-state index contributed by atoms with van der Waals surface area (Å²) in [6.45, 7) is 4.30. The predicted molar refractivity (Wildman–Crippen MR) is 109 cm³/mol. The third-order valence-corrected chi connectivity index (χ3v) is 5.70. The Morgan fingerprint density at radius 1 is 0.893 bits per heavy atom. The van der Waals surface area contributed by atoms with Crippen LogP contribution in [-0.2, 0) is 9.53 Å². The molecule has 6 heteroatoms. The van der Waals surface area contributed by atoms with Crippen molar-refractivity contribution in [1.29, 1.82) is 0 Å². The third kappa shape index (κ3) is 7.28. The van der Waals surface area contributed by atoms with Crippen LogP contribution in [0.2, 0.25) is 0 Å². The lowest BCUT2D eigenvalue weighted by molar-refractivity contribution is -0.175. The Morgan fingerprint density at radius 2 is 1.39 bits per heavy atom. The maximum atomic E-state index is 11.6. The van der Waals surface area contributed by atoms with Crippen LogP contribution in [0.3, 0.4) is 0 Å². The number of unbranched alkanes of at least 4 members (excludes halogenated alkanes) is 10. The largest absolute Gasteiger partial charge is 0.505 e. The topological polar surface area (TPSA) is 107 Å². The molecule has 4 N–H and O–H groups in total. The molecule has 1 unspecified atom stereocenters. The number of aliphatic hydroxyl groups is 4. The lowest BCUT2D eigenvalue weighted by atomic mass is 9.81. The van der Waals surface area contributed by atoms with Gasteiger partial charge in [-0.15, -0.1) is 0 Å². The molecule has 0 radical (unpaired) electrons. The number of rotatable bonds is 16. The smallest absolute Gasteiger partial charge is 0.378 e. The maximum Gasteiger partial charge on any atom is 0.378 e. The zero-order valence-corrected chi connectivity index (χ0v) is 17.7. The number of carbonyl (C=O) groups is 1. The molecule has 1 aliphatic rings. The molecule has 6 nitrogen and oxygen atoms in total. The lowest BCUT2D eigenvalue weighted by Crippen LogP contribution is -2.53. The molecule has 0 amide bonds. The molecule has 0 spiro atoms. The summed E-state index contributed by atoms with van der Waals surface area (Å²) in [6.07, 6.45) is 10.4. The highest BCUT2D eigenvalue weighted by Crippen LogP contribution is 2.36. The minimum Gasteiger partial charge on any atom is -0.505 e. The second-order valence-corrected chi connectivity index (χ2v) is 8.10. The van der Waals surface area contributed by atoms with Gasteiger partial charge in [-0.1, -0.05) is 90.9 Å². The van der Waals surface area contributed by atoms with E-state index in [9.17, 15) is 25.2 Å². The Hall–Kier alpha value is -1.27. The van der Waals surface area contributed by atoms with E-state index in [1.54, 1.807) is 0 Å². The van der Waals surface area contributed by atoms with Gasteiger partial charge < -0.3 is 25.2 Å². The highest BCUT2D eigenvalue weighted by molar-refractivity contribution is 5.89. The van der Waals surface area contributed by atoms with Gasteiger partial charge in [-0.2, -0.15) is 0 Å². The van der Waals surface area contributed by atoms with Gasteiger partial charge in [-0.3, -0.25) is 0 Å². The van der Waals surface area contributed by atoms with Crippen molar-refractivity contribution in [3.8, 4) is 0 Å². The van der Waals surface area contributed by atoms with Gasteiger partial charge in [-0.25, -0.2) is 4.79 Å². The lowest BCUT2D eigenvalue weighted by Gasteiger charge is -2.37. The molecule has 0 aromatic carbocycles. The van der Waals surface area contributed by atoms with Crippen LogP contribution in [0, 0.1) is 0 Å². The van der Waals surface area contributed by atoms with E-state index in [-0.39, 0.29) is 6.42 Å². The monoisotopic (exact) mass is 400 g/mol. The summed E-state index contributed by atoms with van der Waals surface area (Å²) in [5.74, 6) is -2.62. The Labute approximate surface area is 169 Å². The van der Waals surface area contributed by atoms with Gasteiger partial charge in [0.25, 0.3) is 0 Å². The summed E-state index contributed by atoms with van der Waals surface area (Å²) < 4.78 is 5.00. The van der Waals surface area contributed by atoms with E-state index in [1.807, 2.05) is 0 Å². The van der Waals surface area contributed by atoms with Gasteiger partial charge in [-0.05, 0) is 12.8 Å². The Kier molecular flexibility index (Phi) is 11.5. The number of aliphatic hydroxyl groups excluding tert-OH is 3. The van der Waals surface area contributed by atoms with Crippen LogP contribution in [0.25, 0.3) is 0 Å². The van der Waals surface area contributed by atoms with Gasteiger partial charge in [0.05, 0.1) is 6.10 Å². The van der Waals surface area contributed by atoms with E-state index in [0.29, 0.717) is 12.8 Å². The third-order valence-electron chi connectivity index (χ3n) is 5.70. The summed E-state index contributed by atoms with van der Waals surface area (Å²) in [5, 5.41) is 41.6. The fourth-order valence-corrected chi connectivity index (χ4v) is 3.82. The van der Waals surface area contributed by atoms with Crippen molar-refractivity contribution < 1.29 is 30.0 Å². The summed E-state index contributed by atoms with van der Waals surface area (Å²) in [6, 6.07) is 0. The fraction of sp³-hybridized carbons (Fsp3) is 0.864. The minimum atomic E-state index is -1.79. The molecule has 0 saturated heterocycles. The van der Waals surface area contributed by atoms with Crippen molar-refractivity contribution in [1.82, 2.24) is 0 Å². The molecule has 1 aliphatic heterocycles. The molecule has 0 aliphatic carbocycles. The number of hydrogen-bond acceptors (Lipinski definition) is 6. The van der Waals surface area contributed by atoms with E-state index < -0.39 is 35.3 Å². The molecule has 1 rings (SSSR count). The van der Waals surface area contributed by atoms with Crippen LogP contribution in [0.15, 0.2) is 11.5 Å². The molecule has 0 bridgehead atoms. The van der Waals surface area contributed by atoms with Crippen molar-refractivity contribution in [3.05, 3.63) is 11.5 Å². The van der Waals surface area contributed by atoms with E-state index in [4.69, 9.17) is 4.74 Å². The van der Waals surface area contributed by atoms with E-state index >= 15 is 0 Å². The van der Waals surface area contributed by atoms with Crippen molar-refractivity contribution in [2.75, 3.05) is 0 Å². The normalized spacial score (nSPS) is 20.3. The maximum absolute atomic E-state index is 11.6. The second-order valence-electron chi connectivity index (χ2n) is 8.10. The van der Waals surface area contributed by atoms with Gasteiger partial charge in [0.1, 0.15) is 5.60 Å². The molecular weight excluding hydrogens is 360 g/mol. The zero-order chi connectivity index (χ0) is 21.0. The van der Waals surface area contributed by atoms with Crippen molar-refractivity contribution in [2.45, 2.75) is 122 Å². The number of cyclic esters (lactones) is 1. The van der Waals surface area contributed by atoms with Gasteiger partial charge in [0.15, 0.2) is 11.9 Å². The molecule has 0 fully saturated rings. The highest BCUT2D eigenvalue weighted by atomic mass is 16.6. The highest BCUT2D eigenvalue weighted by Gasteiger charge is 2.52. The van der Waals surface area contributed by atoms with Crippen molar-refractivity contribution in [2.24, 2.45) is 0 Å². The molecular formula is C22H40O6. The number of hydrogen-bond donors (Lipinski definition) is 4. The first-order chi connectivity index (χ1) is 13.4. The summed E-state index contributed by atoms with van der Waals surface area (Å²) in [5.41, 5.74) is -1.79. The first kappa shape index (κ1) is 24.8. The average Bonchev–Trinajstić information content (AvgIpc) is 2.94. The molecule has 0 aromatic rings. The Bertz CT molecular complexity index is 489. The summed E-state index contributed by atoms with van der Waals surface area (Å²) in [7, 11) is 0. The molecule has 1 heterocycles. The van der Waals surface area contributed by atoms with E-state index in [0.717, 1.165) is 51.4 Å². The van der Waals surface area contributed by atoms with Crippen LogP contribution >= 0.6 is 0 Å². The second kappa shape index (κ2) is 13.0. The zero-order valence-electron chi connectivity index (χ0n) is 17.7. The number of carbonyl (C=O) groups excluding carboxylic acids is 1. The Balaban J connectivity index is 2.65. The molecule has 0 saturated carbocycles. The van der Waals surface area contributed by atoms with Crippen LogP contribution < -0.4 is 0 Å². The quantitative estimate of drug-likeness (QED) is 0.218. The predicted octanol–water partition coefficient (Wildman–Crippen LogP) is 4.83. The van der Waals surface area contributed by atoms with Crippen molar-refractivity contribution >= 4 is 5.97 Å².